The van der Waals surface area contributed by atoms with Crippen LogP contribution >= 0.6 is 11.3 Å². The van der Waals surface area contributed by atoms with Crippen molar-refractivity contribution in [2.24, 2.45) is 5.92 Å². The summed E-state index contributed by atoms with van der Waals surface area (Å²) in [5.41, 5.74) is 0. The number of thiophene rings is 1. The molecule has 2 heterocycles. The van der Waals surface area contributed by atoms with E-state index in [4.69, 9.17) is 11.2 Å². The van der Waals surface area contributed by atoms with Crippen LogP contribution in [0.3, 0.4) is 0 Å². The van der Waals surface area contributed by atoms with Crippen LogP contribution < -0.4 is 5.32 Å². The first-order valence-corrected chi connectivity index (χ1v) is 8.19. The summed E-state index contributed by atoms with van der Waals surface area (Å²) in [5, 5.41) is 4.29. The fraction of sp³-hybridized carbons (Fsp3) is 0.438. The van der Waals surface area contributed by atoms with Gasteiger partial charge in [-0.2, -0.15) is 0 Å². The Kier molecular flexibility index (Phi) is 6.18. The molecule has 0 spiro atoms. The first-order chi connectivity index (χ1) is 11.1. The van der Waals surface area contributed by atoms with Gasteiger partial charge in [-0.1, -0.05) is 12.0 Å². The van der Waals surface area contributed by atoms with Gasteiger partial charge in [0, 0.05) is 13.1 Å². The van der Waals surface area contributed by atoms with Crippen molar-refractivity contribution in [3.05, 3.63) is 22.4 Å². The van der Waals surface area contributed by atoms with Crippen LogP contribution in [0.5, 0.6) is 0 Å². The number of nitrogens with one attached hydrogen (secondary N) is 1. The van der Waals surface area contributed by atoms with Gasteiger partial charge in [-0.25, -0.2) is 0 Å². The molecule has 0 aromatic carbocycles. The van der Waals surface area contributed by atoms with Crippen molar-refractivity contribution in [3.8, 4) is 12.3 Å². The van der Waals surface area contributed by atoms with Gasteiger partial charge in [-0.15, -0.1) is 17.8 Å². The summed E-state index contributed by atoms with van der Waals surface area (Å²) in [6.45, 7) is 0.814. The Morgan fingerprint density at radius 3 is 2.74 bits per heavy atom. The summed E-state index contributed by atoms with van der Waals surface area (Å²) in [5.74, 6) is 1.18. The zero-order valence-corrected chi connectivity index (χ0v) is 13.4. The summed E-state index contributed by atoms with van der Waals surface area (Å²) >= 11 is 1.41. The molecule has 1 aliphatic rings. The van der Waals surface area contributed by atoms with E-state index in [1.807, 2.05) is 11.4 Å². The van der Waals surface area contributed by atoms with Crippen LogP contribution in [0.2, 0.25) is 0 Å². The van der Waals surface area contributed by atoms with Gasteiger partial charge in [0.05, 0.1) is 17.3 Å². The van der Waals surface area contributed by atoms with Gasteiger partial charge < -0.3 is 15.0 Å². The third-order valence-electron chi connectivity index (χ3n) is 3.58. The lowest BCUT2D eigenvalue weighted by Gasteiger charge is -2.30. The molecular weight excluding hydrogens is 316 g/mol. The van der Waals surface area contributed by atoms with Crippen LogP contribution in [0.4, 0.5) is 0 Å². The number of piperidine rings is 1. The topological polar surface area (TPSA) is 75.7 Å². The predicted molar refractivity (Wildman–Crippen MR) is 85.7 cm³/mol. The Hall–Kier alpha value is -2.33. The highest BCUT2D eigenvalue weighted by molar-refractivity contribution is 7.12. The number of esters is 1. The molecule has 0 saturated carbocycles. The maximum Gasteiger partial charge on any atom is 0.309 e. The zero-order valence-electron chi connectivity index (χ0n) is 12.6. The number of terminal acetylenes is 1. The lowest BCUT2D eigenvalue weighted by atomic mass is 9.97. The zero-order chi connectivity index (χ0) is 16.7. The molecule has 0 unspecified atom stereocenters. The van der Waals surface area contributed by atoms with E-state index in [1.165, 1.54) is 11.3 Å². The lowest BCUT2D eigenvalue weighted by molar-refractivity contribution is -0.153. The maximum atomic E-state index is 12.2. The SMILES string of the molecule is C#CCNC(=O)COC(=O)C1CCN(C(=O)c2cccs2)CC1. The van der Waals surface area contributed by atoms with E-state index in [0.717, 1.165) is 0 Å². The number of ether oxygens (including phenoxy) is 1. The second-order valence-electron chi connectivity index (χ2n) is 5.13. The molecule has 0 aliphatic carbocycles. The molecular formula is C16H18N2O4S. The van der Waals surface area contributed by atoms with Gasteiger partial charge in [0.1, 0.15) is 0 Å². The molecule has 1 aromatic rings. The number of carbonyl (C=O) groups excluding carboxylic acids is 3. The third kappa shape index (κ3) is 4.83. The highest BCUT2D eigenvalue weighted by atomic mass is 32.1. The molecule has 6 nitrogen and oxygen atoms in total. The van der Waals surface area contributed by atoms with E-state index in [0.29, 0.717) is 30.8 Å². The molecule has 1 aliphatic heterocycles. The first-order valence-electron chi connectivity index (χ1n) is 7.31. The Bertz CT molecular complexity index is 598. The quantitative estimate of drug-likeness (QED) is 0.641. The summed E-state index contributed by atoms with van der Waals surface area (Å²) < 4.78 is 4.99. The number of rotatable bonds is 5. The number of nitrogens with zero attached hydrogens (tertiary/aromatic N) is 1. The minimum absolute atomic E-state index is 0.000444. The van der Waals surface area contributed by atoms with Crippen molar-refractivity contribution in [2.75, 3.05) is 26.2 Å². The predicted octanol–water partition coefficient (Wildman–Crippen LogP) is 0.893. The Morgan fingerprint density at radius 1 is 1.39 bits per heavy atom. The fourth-order valence-corrected chi connectivity index (χ4v) is 3.02. The van der Waals surface area contributed by atoms with Gasteiger partial charge in [0.2, 0.25) is 0 Å². The Balaban J connectivity index is 1.73. The minimum atomic E-state index is -0.415. The fourth-order valence-electron chi connectivity index (χ4n) is 2.33. The van der Waals surface area contributed by atoms with Crippen LogP contribution in [0.15, 0.2) is 17.5 Å². The summed E-state index contributed by atoms with van der Waals surface area (Å²) in [6, 6.07) is 3.63. The maximum absolute atomic E-state index is 12.2. The van der Waals surface area contributed by atoms with Crippen molar-refractivity contribution in [2.45, 2.75) is 12.8 Å². The molecule has 0 bridgehead atoms. The van der Waals surface area contributed by atoms with Gasteiger partial charge in [0.25, 0.3) is 11.8 Å². The van der Waals surface area contributed by atoms with Crippen molar-refractivity contribution >= 4 is 29.1 Å². The summed E-state index contributed by atoms with van der Waals surface area (Å²) in [7, 11) is 0. The van der Waals surface area contributed by atoms with Crippen LogP contribution in [-0.4, -0.2) is 48.9 Å². The van der Waals surface area contributed by atoms with E-state index in [9.17, 15) is 14.4 Å². The van der Waals surface area contributed by atoms with Crippen LogP contribution in [0.1, 0.15) is 22.5 Å². The normalized spacial score (nSPS) is 14.8. The standard InChI is InChI=1S/C16H18N2O4S/c1-2-7-17-14(19)11-22-16(21)12-5-8-18(9-6-12)15(20)13-4-3-10-23-13/h1,3-4,10,12H,5-9,11H2,(H,17,19). The molecule has 23 heavy (non-hydrogen) atoms. The van der Waals surface area contributed by atoms with Crippen LogP contribution in [0, 0.1) is 18.3 Å². The lowest BCUT2D eigenvalue weighted by Crippen LogP contribution is -2.41. The van der Waals surface area contributed by atoms with Gasteiger partial charge in [-0.3, -0.25) is 14.4 Å². The number of hydrogen-bond acceptors (Lipinski definition) is 5. The largest absolute Gasteiger partial charge is 0.455 e. The number of carbonyl (C=O) groups is 3. The third-order valence-corrected chi connectivity index (χ3v) is 4.44. The van der Waals surface area contributed by atoms with Crippen molar-refractivity contribution in [1.29, 1.82) is 0 Å². The van der Waals surface area contributed by atoms with Crippen LogP contribution in [-0.2, 0) is 14.3 Å². The van der Waals surface area contributed by atoms with Gasteiger partial charge in [-0.05, 0) is 24.3 Å². The van der Waals surface area contributed by atoms with E-state index >= 15 is 0 Å². The first kappa shape index (κ1) is 17.0. The van der Waals surface area contributed by atoms with E-state index in [-0.39, 0.29) is 25.0 Å². The smallest absolute Gasteiger partial charge is 0.309 e. The Morgan fingerprint density at radius 2 is 2.13 bits per heavy atom. The molecule has 7 heteroatoms. The number of amides is 2. The highest BCUT2D eigenvalue weighted by Crippen LogP contribution is 2.21. The van der Waals surface area contributed by atoms with E-state index in [1.54, 1.807) is 11.0 Å². The molecule has 0 atom stereocenters. The summed E-state index contributed by atoms with van der Waals surface area (Å²) in [4.78, 5) is 37.9. The van der Waals surface area contributed by atoms with Crippen molar-refractivity contribution in [3.63, 3.8) is 0 Å². The molecule has 122 valence electrons. The molecule has 2 amide bonds. The van der Waals surface area contributed by atoms with Gasteiger partial charge in [0.15, 0.2) is 6.61 Å². The van der Waals surface area contributed by atoms with Crippen molar-refractivity contribution in [1.82, 2.24) is 10.2 Å². The average molecular weight is 334 g/mol. The minimum Gasteiger partial charge on any atom is -0.455 e. The molecule has 1 saturated heterocycles. The average Bonchev–Trinajstić information content (AvgIpc) is 3.11. The second kappa shape index (κ2) is 8.34. The molecule has 2 rings (SSSR count). The Labute approximate surface area is 138 Å². The molecule has 1 fully saturated rings. The molecule has 1 N–H and O–H groups in total. The second-order valence-corrected chi connectivity index (χ2v) is 6.08. The van der Waals surface area contributed by atoms with Gasteiger partial charge >= 0.3 is 5.97 Å². The van der Waals surface area contributed by atoms with E-state index in [2.05, 4.69) is 11.2 Å². The molecule has 1 aromatic heterocycles. The van der Waals surface area contributed by atoms with E-state index < -0.39 is 11.9 Å². The highest BCUT2D eigenvalue weighted by Gasteiger charge is 2.29. The monoisotopic (exact) mass is 334 g/mol. The molecule has 0 radical (unpaired) electrons. The van der Waals surface area contributed by atoms with Crippen molar-refractivity contribution < 1.29 is 19.1 Å². The summed E-state index contributed by atoms with van der Waals surface area (Å²) in [6.07, 6.45) is 6.11. The number of hydrogen-bond donors (Lipinski definition) is 1. The van der Waals surface area contributed by atoms with Crippen LogP contribution in [0.25, 0.3) is 0 Å². The number of likely N-dealkylation sites (tertiary alicyclic amines) is 1.